The van der Waals surface area contributed by atoms with Crippen molar-refractivity contribution in [3.05, 3.63) is 114 Å². The third-order valence-electron chi connectivity index (χ3n) is 6.61. The van der Waals surface area contributed by atoms with Gasteiger partial charge in [0.1, 0.15) is 19.8 Å². The summed E-state index contributed by atoms with van der Waals surface area (Å²) in [6.45, 7) is 7.84. The smallest absolute Gasteiger partial charge is 0.412 e. The molecule has 0 bridgehead atoms. The molecule has 4 rings (SSSR count). The molecule has 42 heavy (non-hydrogen) atoms. The van der Waals surface area contributed by atoms with Crippen molar-refractivity contribution in [2.45, 2.75) is 59.5 Å². The van der Waals surface area contributed by atoms with Gasteiger partial charge in [0.15, 0.2) is 11.5 Å². The fraction of sp³-hybridized carbons (Fsp3) is 0.257. The van der Waals surface area contributed by atoms with E-state index in [4.69, 9.17) is 14.2 Å². The average molecular weight is 568 g/mol. The lowest BCUT2D eigenvalue weighted by Gasteiger charge is -2.36. The summed E-state index contributed by atoms with van der Waals surface area (Å²) in [5, 5.41) is 10.3. The van der Waals surface area contributed by atoms with Gasteiger partial charge in [-0.05, 0) is 49.6 Å². The van der Waals surface area contributed by atoms with E-state index in [0.29, 0.717) is 41.5 Å². The molecule has 7 heteroatoms. The Balaban J connectivity index is 1.79. The summed E-state index contributed by atoms with van der Waals surface area (Å²) in [5.74, 6) is 0.734. The van der Waals surface area contributed by atoms with Crippen molar-refractivity contribution < 1.29 is 28.9 Å². The topological polar surface area (TPSA) is 85.3 Å². The van der Waals surface area contributed by atoms with Gasteiger partial charge in [-0.15, -0.1) is 0 Å². The molecule has 0 aliphatic rings. The van der Waals surface area contributed by atoms with Crippen LogP contribution in [0.4, 0.5) is 10.5 Å². The van der Waals surface area contributed by atoms with E-state index in [1.54, 1.807) is 13.0 Å². The Morgan fingerprint density at radius 2 is 1.33 bits per heavy atom. The van der Waals surface area contributed by atoms with E-state index >= 15 is 0 Å². The van der Waals surface area contributed by atoms with Gasteiger partial charge < -0.3 is 19.3 Å². The molecule has 4 aromatic rings. The van der Waals surface area contributed by atoms with Crippen molar-refractivity contribution in [2.24, 2.45) is 0 Å². The normalized spacial score (nSPS) is 11.0. The van der Waals surface area contributed by atoms with E-state index in [9.17, 15) is 14.7 Å². The summed E-state index contributed by atoms with van der Waals surface area (Å²) in [4.78, 5) is 26.0. The number of carboxylic acid groups (broad SMARTS) is 1. The maximum absolute atomic E-state index is 12.7. The molecular formula is C35H37NO6. The molecule has 0 fully saturated rings. The number of nitrogens with zero attached hydrogens (tertiary/aromatic N) is 1. The molecule has 0 aromatic heterocycles. The predicted octanol–water partition coefficient (Wildman–Crippen LogP) is 8.25. The molecule has 0 radical (unpaired) electrons. The number of hydrogen-bond donors (Lipinski definition) is 1. The second-order valence-corrected chi connectivity index (χ2v) is 10.8. The van der Waals surface area contributed by atoms with Gasteiger partial charge in [0.2, 0.25) is 0 Å². The van der Waals surface area contributed by atoms with Crippen LogP contribution in [0.2, 0.25) is 0 Å². The molecule has 0 aliphatic carbocycles. The molecule has 0 heterocycles. The third kappa shape index (κ3) is 7.69. The molecule has 1 N–H and O–H groups in total. The molecule has 0 atom stereocenters. The van der Waals surface area contributed by atoms with Gasteiger partial charge in [-0.25, -0.2) is 4.79 Å². The van der Waals surface area contributed by atoms with E-state index < -0.39 is 11.6 Å². The van der Waals surface area contributed by atoms with E-state index in [0.717, 1.165) is 16.7 Å². The average Bonchev–Trinajstić information content (AvgIpc) is 2.98. The summed E-state index contributed by atoms with van der Waals surface area (Å²) in [6, 6.07) is 30.8. The van der Waals surface area contributed by atoms with E-state index in [1.807, 2.05) is 112 Å². The van der Waals surface area contributed by atoms with Crippen molar-refractivity contribution in [2.75, 3.05) is 4.90 Å². The number of rotatable bonds is 11. The summed E-state index contributed by atoms with van der Waals surface area (Å²) in [6.07, 6.45) is -0.884. The van der Waals surface area contributed by atoms with Crippen molar-refractivity contribution in [1.29, 1.82) is 0 Å². The number of benzene rings is 4. The zero-order chi connectivity index (χ0) is 30.1. The maximum atomic E-state index is 12.7. The molecule has 0 saturated heterocycles. The van der Waals surface area contributed by atoms with Crippen LogP contribution in [0.1, 0.15) is 50.8 Å². The number of para-hydroxylation sites is 1. The highest BCUT2D eigenvalue weighted by Crippen LogP contribution is 2.41. The van der Waals surface area contributed by atoms with Crippen molar-refractivity contribution in [1.82, 2.24) is 0 Å². The van der Waals surface area contributed by atoms with Crippen LogP contribution in [0, 0.1) is 0 Å². The highest BCUT2D eigenvalue weighted by molar-refractivity contribution is 5.96. The maximum Gasteiger partial charge on any atom is 0.412 e. The minimum absolute atomic E-state index is 0.0503. The Hall–Kier alpha value is -4.78. The second kappa shape index (κ2) is 13.7. The van der Waals surface area contributed by atoms with E-state index in [1.165, 1.54) is 4.90 Å². The molecule has 0 spiro atoms. The van der Waals surface area contributed by atoms with Crippen molar-refractivity contribution in [3.8, 4) is 22.6 Å². The number of ether oxygens (including phenoxy) is 3. The van der Waals surface area contributed by atoms with Crippen LogP contribution in [0.3, 0.4) is 0 Å². The zero-order valence-corrected chi connectivity index (χ0v) is 24.5. The minimum Gasteiger partial charge on any atom is -0.485 e. The van der Waals surface area contributed by atoms with Crippen molar-refractivity contribution in [3.63, 3.8) is 0 Å². The monoisotopic (exact) mass is 567 g/mol. The molecule has 0 saturated carbocycles. The lowest BCUT2D eigenvalue weighted by Crippen LogP contribution is -2.46. The second-order valence-electron chi connectivity index (χ2n) is 10.8. The Morgan fingerprint density at radius 1 is 0.738 bits per heavy atom. The first-order valence-corrected chi connectivity index (χ1v) is 14.0. The van der Waals surface area contributed by atoms with Gasteiger partial charge in [0.05, 0.1) is 5.69 Å². The Labute approximate surface area is 247 Å². The van der Waals surface area contributed by atoms with Gasteiger partial charge in [0.25, 0.3) is 0 Å². The quantitative estimate of drug-likeness (QED) is 0.184. The summed E-state index contributed by atoms with van der Waals surface area (Å²) in [7, 11) is 0. The number of hydrogen-bond acceptors (Lipinski definition) is 5. The van der Waals surface area contributed by atoms with Crippen LogP contribution in [-0.2, 0) is 29.4 Å². The van der Waals surface area contributed by atoms with Crippen LogP contribution in [0.15, 0.2) is 97.1 Å². The van der Waals surface area contributed by atoms with Crippen LogP contribution in [0.5, 0.6) is 11.5 Å². The molecular weight excluding hydrogens is 530 g/mol. The Kier molecular flexibility index (Phi) is 9.86. The fourth-order valence-corrected chi connectivity index (χ4v) is 4.56. The standard InChI is InChI=1S/C35H37NO6/c1-5-32(37)42-24-28-17-12-18-29(33(28)36(34(38)39)35(2,3)4)27-19-20-30(40-22-25-13-8-6-9-14-25)31(21-27)41-23-26-15-10-7-11-16-26/h6-21H,5,22-24H2,1-4H3,(H,38,39). The highest BCUT2D eigenvalue weighted by atomic mass is 16.5. The molecule has 1 amide bonds. The molecule has 4 aromatic carbocycles. The molecule has 7 nitrogen and oxygen atoms in total. The highest BCUT2D eigenvalue weighted by Gasteiger charge is 2.32. The zero-order valence-electron chi connectivity index (χ0n) is 24.5. The predicted molar refractivity (Wildman–Crippen MR) is 164 cm³/mol. The lowest BCUT2D eigenvalue weighted by atomic mass is 9.95. The number of anilines is 1. The van der Waals surface area contributed by atoms with Crippen LogP contribution >= 0.6 is 0 Å². The van der Waals surface area contributed by atoms with Gasteiger partial charge in [-0.3, -0.25) is 9.69 Å². The van der Waals surface area contributed by atoms with Gasteiger partial charge in [-0.2, -0.15) is 0 Å². The van der Waals surface area contributed by atoms with Gasteiger partial charge in [-0.1, -0.05) is 91.9 Å². The SMILES string of the molecule is CCC(=O)OCc1cccc(-c2ccc(OCc3ccccc3)c(OCc3ccccc3)c2)c1N(C(=O)O)C(C)(C)C. The largest absolute Gasteiger partial charge is 0.485 e. The molecule has 0 unspecified atom stereocenters. The van der Waals surface area contributed by atoms with Crippen LogP contribution in [-0.4, -0.2) is 22.7 Å². The number of carbonyl (C=O) groups excluding carboxylic acids is 1. The first-order valence-electron chi connectivity index (χ1n) is 14.0. The molecule has 0 aliphatic heterocycles. The summed E-state index contributed by atoms with van der Waals surface area (Å²) >= 11 is 0. The van der Waals surface area contributed by atoms with E-state index in [-0.39, 0.29) is 19.0 Å². The minimum atomic E-state index is -1.11. The van der Waals surface area contributed by atoms with Crippen LogP contribution < -0.4 is 14.4 Å². The van der Waals surface area contributed by atoms with Gasteiger partial charge in [0, 0.05) is 23.1 Å². The number of carbonyl (C=O) groups is 2. The summed E-state index contributed by atoms with van der Waals surface area (Å²) in [5.41, 5.74) is 3.68. The molecule has 218 valence electrons. The van der Waals surface area contributed by atoms with E-state index in [2.05, 4.69) is 0 Å². The fourth-order valence-electron chi connectivity index (χ4n) is 4.56. The third-order valence-corrected chi connectivity index (χ3v) is 6.61. The first kappa shape index (κ1) is 30.2. The first-order chi connectivity index (χ1) is 20.2. The summed E-state index contributed by atoms with van der Waals surface area (Å²) < 4.78 is 17.9. The Morgan fingerprint density at radius 3 is 1.88 bits per heavy atom. The Bertz CT molecular complexity index is 1500. The number of amides is 1. The lowest BCUT2D eigenvalue weighted by molar-refractivity contribution is -0.144. The van der Waals surface area contributed by atoms with Gasteiger partial charge >= 0.3 is 12.1 Å². The van der Waals surface area contributed by atoms with Crippen molar-refractivity contribution >= 4 is 17.7 Å². The van der Waals surface area contributed by atoms with Crippen LogP contribution in [0.25, 0.3) is 11.1 Å². The number of esters is 1.